The van der Waals surface area contributed by atoms with Crippen LogP contribution in [0.5, 0.6) is 23.0 Å². The van der Waals surface area contributed by atoms with Crippen molar-refractivity contribution in [2.75, 3.05) is 54.6 Å². The predicted molar refractivity (Wildman–Crippen MR) is 132 cm³/mol. The first kappa shape index (κ1) is 24.7. The lowest BCUT2D eigenvalue weighted by molar-refractivity contribution is -0.136. The quantitative estimate of drug-likeness (QED) is 0.600. The molecular formula is C27H34N2O6. The summed E-state index contributed by atoms with van der Waals surface area (Å²) in [6.07, 6.45) is 3.17. The highest BCUT2D eigenvalue weighted by molar-refractivity contribution is 5.95. The van der Waals surface area contributed by atoms with Crippen molar-refractivity contribution in [2.24, 2.45) is 5.92 Å². The average molecular weight is 483 g/mol. The van der Waals surface area contributed by atoms with Crippen LogP contribution >= 0.6 is 0 Å². The third-order valence-electron chi connectivity index (χ3n) is 7.02. The number of ether oxygens (including phenoxy) is 4. The molecule has 35 heavy (non-hydrogen) atoms. The molecule has 8 heteroatoms. The van der Waals surface area contributed by atoms with E-state index in [1.54, 1.807) is 51.5 Å². The molecule has 0 bridgehead atoms. The van der Waals surface area contributed by atoms with E-state index in [1.165, 1.54) is 0 Å². The zero-order valence-corrected chi connectivity index (χ0v) is 20.9. The molecule has 188 valence electrons. The molecule has 2 unspecified atom stereocenters. The first-order valence-corrected chi connectivity index (χ1v) is 12.0. The van der Waals surface area contributed by atoms with Gasteiger partial charge in [0.25, 0.3) is 5.91 Å². The third kappa shape index (κ3) is 5.01. The van der Waals surface area contributed by atoms with Crippen molar-refractivity contribution in [3.63, 3.8) is 0 Å². The summed E-state index contributed by atoms with van der Waals surface area (Å²) in [5, 5.41) is 0. The summed E-state index contributed by atoms with van der Waals surface area (Å²) in [6, 6.07) is 10.9. The van der Waals surface area contributed by atoms with Crippen molar-refractivity contribution >= 4 is 11.8 Å². The molecule has 0 aromatic heterocycles. The Balaban J connectivity index is 1.69. The number of hydrogen-bond donors (Lipinski definition) is 0. The minimum absolute atomic E-state index is 0.101. The topological polar surface area (TPSA) is 77.5 Å². The number of hydrogen-bond acceptors (Lipinski definition) is 6. The van der Waals surface area contributed by atoms with Crippen molar-refractivity contribution < 1.29 is 28.5 Å². The Morgan fingerprint density at radius 3 is 2.09 bits per heavy atom. The van der Waals surface area contributed by atoms with Crippen LogP contribution in [0.2, 0.25) is 0 Å². The number of rotatable bonds is 7. The van der Waals surface area contributed by atoms with E-state index in [9.17, 15) is 9.59 Å². The van der Waals surface area contributed by atoms with E-state index < -0.39 is 0 Å². The fourth-order valence-electron chi connectivity index (χ4n) is 5.16. The second-order valence-corrected chi connectivity index (χ2v) is 9.00. The van der Waals surface area contributed by atoms with Crippen LogP contribution in [0.4, 0.5) is 0 Å². The smallest absolute Gasteiger partial charge is 0.254 e. The number of methoxy groups -OCH3 is 4. The van der Waals surface area contributed by atoms with Gasteiger partial charge in [-0.15, -0.1) is 0 Å². The molecule has 2 saturated heterocycles. The second kappa shape index (κ2) is 10.9. The van der Waals surface area contributed by atoms with Gasteiger partial charge in [0.15, 0.2) is 11.5 Å². The van der Waals surface area contributed by atoms with Crippen LogP contribution in [0.15, 0.2) is 36.4 Å². The van der Waals surface area contributed by atoms with E-state index in [4.69, 9.17) is 18.9 Å². The van der Waals surface area contributed by atoms with Crippen molar-refractivity contribution in [1.29, 1.82) is 0 Å². The van der Waals surface area contributed by atoms with Gasteiger partial charge in [-0.05, 0) is 55.2 Å². The molecule has 0 aliphatic carbocycles. The Kier molecular flexibility index (Phi) is 7.68. The van der Waals surface area contributed by atoms with E-state index in [0.717, 1.165) is 37.9 Å². The molecule has 2 aromatic rings. The Labute approximate surface area is 206 Å². The molecule has 2 amide bonds. The summed E-state index contributed by atoms with van der Waals surface area (Å²) < 4.78 is 21.9. The van der Waals surface area contributed by atoms with Crippen LogP contribution in [0.3, 0.4) is 0 Å². The van der Waals surface area contributed by atoms with E-state index in [0.29, 0.717) is 41.7 Å². The molecule has 2 aliphatic heterocycles. The van der Waals surface area contributed by atoms with Gasteiger partial charge in [0, 0.05) is 37.7 Å². The first-order valence-electron chi connectivity index (χ1n) is 12.0. The summed E-state index contributed by atoms with van der Waals surface area (Å²) in [7, 11) is 6.29. The lowest BCUT2D eigenvalue weighted by Crippen LogP contribution is -2.42. The van der Waals surface area contributed by atoms with Crippen LogP contribution in [0.25, 0.3) is 0 Å². The van der Waals surface area contributed by atoms with Crippen LogP contribution in [0.1, 0.15) is 41.1 Å². The number of benzene rings is 2. The SMILES string of the molecule is COc1cccc(C(=O)N2CC(C(=O)N3CCCCC3)C(c3cc(OC)c(OC)c(OC)c3)C2)c1. The van der Waals surface area contributed by atoms with Crippen molar-refractivity contribution in [3.8, 4) is 23.0 Å². The summed E-state index contributed by atoms with van der Waals surface area (Å²) >= 11 is 0. The Morgan fingerprint density at radius 2 is 1.49 bits per heavy atom. The van der Waals surface area contributed by atoms with Gasteiger partial charge in [-0.2, -0.15) is 0 Å². The van der Waals surface area contributed by atoms with Crippen LogP contribution in [-0.2, 0) is 4.79 Å². The molecule has 0 spiro atoms. The fraction of sp³-hybridized carbons (Fsp3) is 0.481. The molecule has 8 nitrogen and oxygen atoms in total. The maximum absolute atomic E-state index is 13.7. The molecule has 2 aliphatic rings. The number of carbonyl (C=O) groups excluding carboxylic acids is 2. The number of likely N-dealkylation sites (tertiary alicyclic amines) is 2. The lowest BCUT2D eigenvalue weighted by Gasteiger charge is -2.31. The maximum Gasteiger partial charge on any atom is 0.254 e. The summed E-state index contributed by atoms with van der Waals surface area (Å²) in [4.78, 5) is 30.9. The molecule has 0 N–H and O–H groups in total. The van der Waals surface area contributed by atoms with Gasteiger partial charge < -0.3 is 28.7 Å². The molecule has 2 fully saturated rings. The largest absolute Gasteiger partial charge is 0.497 e. The molecule has 2 atom stereocenters. The number of amides is 2. The third-order valence-corrected chi connectivity index (χ3v) is 7.02. The molecular weight excluding hydrogens is 448 g/mol. The highest BCUT2D eigenvalue weighted by Crippen LogP contribution is 2.44. The number of piperidine rings is 1. The Bertz CT molecular complexity index is 1040. The maximum atomic E-state index is 13.7. The molecule has 0 saturated carbocycles. The lowest BCUT2D eigenvalue weighted by atomic mass is 9.87. The zero-order valence-electron chi connectivity index (χ0n) is 20.9. The standard InChI is InChI=1S/C27H34N2O6/c1-32-20-10-8-9-18(13-20)26(30)29-16-21(22(17-29)27(31)28-11-6-5-7-12-28)19-14-23(33-2)25(35-4)24(15-19)34-3/h8-10,13-15,21-22H,5-7,11-12,16-17H2,1-4H3. The van der Waals surface area contributed by atoms with Gasteiger partial charge in [-0.25, -0.2) is 0 Å². The van der Waals surface area contributed by atoms with Crippen LogP contribution in [0, 0.1) is 5.92 Å². The molecule has 2 aromatic carbocycles. The summed E-state index contributed by atoms with van der Waals surface area (Å²) in [5.74, 6) is 1.61. The van der Waals surface area contributed by atoms with Gasteiger partial charge in [0.1, 0.15) is 5.75 Å². The van der Waals surface area contributed by atoms with E-state index in [-0.39, 0.29) is 23.7 Å². The minimum atomic E-state index is -0.356. The summed E-state index contributed by atoms with van der Waals surface area (Å²) in [5.41, 5.74) is 1.43. The highest BCUT2D eigenvalue weighted by Gasteiger charge is 2.43. The van der Waals surface area contributed by atoms with Gasteiger partial charge in [0.05, 0.1) is 34.4 Å². The predicted octanol–water partition coefficient (Wildman–Crippen LogP) is 3.59. The number of carbonyl (C=O) groups is 2. The second-order valence-electron chi connectivity index (χ2n) is 9.00. The summed E-state index contributed by atoms with van der Waals surface area (Å²) in [6.45, 7) is 2.30. The van der Waals surface area contributed by atoms with Gasteiger partial charge in [-0.1, -0.05) is 6.07 Å². The van der Waals surface area contributed by atoms with Crippen molar-refractivity contribution in [3.05, 3.63) is 47.5 Å². The van der Waals surface area contributed by atoms with Crippen molar-refractivity contribution in [2.45, 2.75) is 25.2 Å². The highest BCUT2D eigenvalue weighted by atomic mass is 16.5. The first-order chi connectivity index (χ1) is 17.0. The fourth-order valence-corrected chi connectivity index (χ4v) is 5.16. The zero-order chi connectivity index (χ0) is 24.9. The van der Waals surface area contributed by atoms with E-state index in [1.807, 2.05) is 23.1 Å². The van der Waals surface area contributed by atoms with Gasteiger partial charge in [-0.3, -0.25) is 9.59 Å². The Morgan fingerprint density at radius 1 is 0.800 bits per heavy atom. The monoisotopic (exact) mass is 482 g/mol. The molecule has 0 radical (unpaired) electrons. The van der Waals surface area contributed by atoms with E-state index >= 15 is 0 Å². The number of nitrogens with zero attached hydrogens (tertiary/aromatic N) is 2. The van der Waals surface area contributed by atoms with E-state index in [2.05, 4.69) is 0 Å². The van der Waals surface area contributed by atoms with Gasteiger partial charge >= 0.3 is 0 Å². The molecule has 2 heterocycles. The minimum Gasteiger partial charge on any atom is -0.497 e. The average Bonchev–Trinajstić information content (AvgIpc) is 3.37. The van der Waals surface area contributed by atoms with Crippen molar-refractivity contribution in [1.82, 2.24) is 9.80 Å². The van der Waals surface area contributed by atoms with Crippen LogP contribution in [-0.4, -0.2) is 76.2 Å². The van der Waals surface area contributed by atoms with Gasteiger partial charge in [0.2, 0.25) is 11.7 Å². The van der Waals surface area contributed by atoms with Crippen LogP contribution < -0.4 is 18.9 Å². The normalized spacial score (nSPS) is 19.9. The molecule has 4 rings (SSSR count). The Hall–Kier alpha value is -3.42.